The first-order valence-electron chi connectivity index (χ1n) is 8.17. The highest BCUT2D eigenvalue weighted by Gasteiger charge is 2.60. The summed E-state index contributed by atoms with van der Waals surface area (Å²) in [5.41, 5.74) is 2.81. The average Bonchev–Trinajstić information content (AvgIpc) is 2.87. The number of benzene rings is 2. The van der Waals surface area contributed by atoms with E-state index >= 15 is 0 Å². The molecule has 2 bridgehead atoms. The van der Waals surface area contributed by atoms with Crippen molar-refractivity contribution in [3.8, 4) is 0 Å². The third kappa shape index (κ3) is 1.98. The smallest absolute Gasteiger partial charge is 0.238 e. The van der Waals surface area contributed by atoms with Gasteiger partial charge in [-0.2, -0.15) is 0 Å². The first-order valence-corrected chi connectivity index (χ1v) is 9.34. The van der Waals surface area contributed by atoms with E-state index in [0.717, 1.165) is 15.6 Å². The van der Waals surface area contributed by atoms with Gasteiger partial charge in [-0.15, -0.1) is 0 Å². The van der Waals surface area contributed by atoms with E-state index in [1.165, 1.54) is 4.90 Å². The molecule has 0 radical (unpaired) electrons. The van der Waals surface area contributed by atoms with Gasteiger partial charge in [-0.3, -0.25) is 9.59 Å². The zero-order chi connectivity index (χ0) is 17.3. The van der Waals surface area contributed by atoms with E-state index < -0.39 is 5.92 Å². The van der Waals surface area contributed by atoms with Crippen molar-refractivity contribution in [3.05, 3.63) is 75.2 Å². The van der Waals surface area contributed by atoms with Gasteiger partial charge in [0.1, 0.15) is 0 Å². The molecule has 3 nitrogen and oxygen atoms in total. The molecule has 1 fully saturated rings. The van der Waals surface area contributed by atoms with Crippen LogP contribution in [0.3, 0.4) is 0 Å². The Labute approximate surface area is 158 Å². The second kappa shape index (κ2) is 5.29. The van der Waals surface area contributed by atoms with Gasteiger partial charge >= 0.3 is 0 Å². The van der Waals surface area contributed by atoms with Crippen LogP contribution in [0.4, 0.5) is 5.69 Å². The minimum Gasteiger partial charge on any atom is -0.274 e. The number of halogens is 2. The Morgan fingerprint density at radius 2 is 1.64 bits per heavy atom. The van der Waals surface area contributed by atoms with E-state index in [2.05, 4.69) is 15.9 Å². The number of hydrogen-bond donors (Lipinski definition) is 0. The van der Waals surface area contributed by atoms with Crippen molar-refractivity contribution >= 4 is 45.0 Å². The Kier molecular flexibility index (Phi) is 3.25. The summed E-state index contributed by atoms with van der Waals surface area (Å²) in [6, 6.07) is 15.3. The van der Waals surface area contributed by atoms with Crippen LogP contribution in [0.5, 0.6) is 0 Å². The zero-order valence-electron chi connectivity index (χ0n) is 13.0. The molecule has 3 aliphatic carbocycles. The molecular weight excluding hydrogens is 402 g/mol. The largest absolute Gasteiger partial charge is 0.274 e. The van der Waals surface area contributed by atoms with Crippen molar-refractivity contribution in [2.45, 2.75) is 11.8 Å². The van der Waals surface area contributed by atoms with Gasteiger partial charge in [0.15, 0.2) is 0 Å². The normalized spacial score (nSPS) is 29.5. The predicted octanol–water partition coefficient (Wildman–Crippen LogP) is 4.57. The first-order chi connectivity index (χ1) is 12.1. The topological polar surface area (TPSA) is 37.4 Å². The van der Waals surface area contributed by atoms with Gasteiger partial charge in [0.25, 0.3) is 0 Å². The number of carbonyl (C=O) groups is 2. The third-order valence-electron chi connectivity index (χ3n) is 5.54. The van der Waals surface area contributed by atoms with Crippen molar-refractivity contribution < 1.29 is 9.59 Å². The second-order valence-electron chi connectivity index (χ2n) is 6.73. The Bertz CT molecular complexity index is 970. The van der Waals surface area contributed by atoms with Gasteiger partial charge in [0, 0.05) is 21.3 Å². The highest BCUT2D eigenvalue weighted by Crippen LogP contribution is 2.59. The molecule has 5 heteroatoms. The lowest BCUT2D eigenvalue weighted by molar-refractivity contribution is -0.122. The van der Waals surface area contributed by atoms with E-state index in [1.54, 1.807) is 12.1 Å². The molecule has 0 spiro atoms. The van der Waals surface area contributed by atoms with Crippen LogP contribution in [0, 0.1) is 11.8 Å². The van der Waals surface area contributed by atoms with Gasteiger partial charge in [-0.25, -0.2) is 4.90 Å². The number of rotatable bonds is 1. The molecule has 25 heavy (non-hydrogen) atoms. The Balaban J connectivity index is 1.66. The fraction of sp³-hybridized carbons (Fsp3) is 0.200. The summed E-state index contributed by atoms with van der Waals surface area (Å²) in [5.74, 6) is -1.41. The van der Waals surface area contributed by atoms with Crippen molar-refractivity contribution in [2.24, 2.45) is 11.8 Å². The van der Waals surface area contributed by atoms with Gasteiger partial charge in [0.2, 0.25) is 11.8 Å². The number of amides is 2. The van der Waals surface area contributed by atoms with Crippen molar-refractivity contribution in [2.75, 3.05) is 4.90 Å². The molecule has 6 rings (SSSR count). The molecule has 1 saturated heterocycles. The molecular formula is C20H13BrClNO2. The van der Waals surface area contributed by atoms with Gasteiger partial charge < -0.3 is 0 Å². The SMILES string of the molecule is O=C1[C@@H]2[C@H](C(=O)N1c1cccc(Br)c1)[C@H]1C(Cl)=C[C@H]2c2ccccc21. The van der Waals surface area contributed by atoms with Crippen LogP contribution >= 0.6 is 27.5 Å². The van der Waals surface area contributed by atoms with E-state index in [0.29, 0.717) is 10.7 Å². The number of anilines is 1. The molecule has 0 aromatic heterocycles. The lowest BCUT2D eigenvalue weighted by Crippen LogP contribution is -2.38. The quantitative estimate of drug-likeness (QED) is 0.641. The van der Waals surface area contributed by atoms with E-state index in [-0.39, 0.29) is 29.6 Å². The number of allylic oxidation sites excluding steroid dienone is 2. The molecule has 124 valence electrons. The van der Waals surface area contributed by atoms with Crippen LogP contribution in [0.2, 0.25) is 0 Å². The molecule has 0 unspecified atom stereocenters. The molecule has 2 aromatic carbocycles. The number of carbonyl (C=O) groups excluding carboxylic acids is 2. The summed E-state index contributed by atoms with van der Waals surface area (Å²) >= 11 is 9.93. The fourth-order valence-corrected chi connectivity index (χ4v) is 5.36. The second-order valence-corrected chi connectivity index (χ2v) is 8.08. The van der Waals surface area contributed by atoms with E-state index in [1.807, 2.05) is 42.5 Å². The molecule has 2 aromatic rings. The van der Waals surface area contributed by atoms with Crippen LogP contribution in [0.1, 0.15) is 23.0 Å². The van der Waals surface area contributed by atoms with Crippen molar-refractivity contribution in [3.63, 3.8) is 0 Å². The van der Waals surface area contributed by atoms with Crippen LogP contribution in [-0.2, 0) is 9.59 Å². The van der Waals surface area contributed by atoms with E-state index in [9.17, 15) is 9.59 Å². The molecule has 1 aliphatic heterocycles. The summed E-state index contributed by atoms with van der Waals surface area (Å²) in [5, 5.41) is 0.683. The Morgan fingerprint density at radius 3 is 2.40 bits per heavy atom. The Morgan fingerprint density at radius 1 is 0.920 bits per heavy atom. The Hall–Kier alpha value is -1.91. The van der Waals surface area contributed by atoms with Crippen LogP contribution in [-0.4, -0.2) is 11.8 Å². The van der Waals surface area contributed by atoms with Gasteiger partial charge in [-0.05, 0) is 29.3 Å². The van der Waals surface area contributed by atoms with Crippen molar-refractivity contribution in [1.82, 2.24) is 0 Å². The lowest BCUT2D eigenvalue weighted by atomic mass is 9.60. The predicted molar refractivity (Wildman–Crippen MR) is 99.5 cm³/mol. The molecule has 4 aliphatic rings. The number of hydrogen-bond acceptors (Lipinski definition) is 2. The van der Waals surface area contributed by atoms with Crippen LogP contribution in [0.15, 0.2) is 64.1 Å². The summed E-state index contributed by atoms with van der Waals surface area (Å²) in [4.78, 5) is 27.7. The van der Waals surface area contributed by atoms with E-state index in [4.69, 9.17) is 11.6 Å². The summed E-state index contributed by atoms with van der Waals surface area (Å²) < 4.78 is 0.836. The monoisotopic (exact) mass is 413 g/mol. The van der Waals surface area contributed by atoms with Gasteiger partial charge in [-0.1, -0.05) is 63.9 Å². The third-order valence-corrected chi connectivity index (χ3v) is 6.39. The highest BCUT2D eigenvalue weighted by molar-refractivity contribution is 9.10. The lowest BCUT2D eigenvalue weighted by Gasteiger charge is -2.42. The van der Waals surface area contributed by atoms with Crippen LogP contribution < -0.4 is 4.90 Å². The van der Waals surface area contributed by atoms with Crippen LogP contribution in [0.25, 0.3) is 0 Å². The maximum Gasteiger partial charge on any atom is 0.238 e. The average molecular weight is 415 g/mol. The summed E-state index contributed by atoms with van der Waals surface area (Å²) in [6.45, 7) is 0. The maximum atomic E-state index is 13.2. The van der Waals surface area contributed by atoms with Gasteiger partial charge in [0.05, 0.1) is 17.5 Å². The summed E-state index contributed by atoms with van der Waals surface area (Å²) in [6.07, 6.45) is 1.96. The molecule has 4 atom stereocenters. The minimum atomic E-state index is -0.413. The van der Waals surface area contributed by atoms with Crippen molar-refractivity contribution in [1.29, 1.82) is 0 Å². The first kappa shape index (κ1) is 15.4. The molecule has 0 saturated carbocycles. The highest BCUT2D eigenvalue weighted by atomic mass is 79.9. The zero-order valence-corrected chi connectivity index (χ0v) is 15.4. The molecule has 1 heterocycles. The molecule has 0 N–H and O–H groups in total. The molecule has 2 amide bonds. The fourth-order valence-electron chi connectivity index (χ4n) is 4.58. The number of imide groups is 1. The standard InChI is InChI=1S/C20H13BrClNO2/c21-10-4-3-5-11(8-10)23-19(24)17-14-9-15(22)16(18(17)20(23)25)13-7-2-1-6-12(13)14/h1-9,14,16-18H/t14-,16+,17-,18+/m0/s1. The minimum absolute atomic E-state index is 0.127. The summed E-state index contributed by atoms with van der Waals surface area (Å²) in [7, 11) is 0. The number of nitrogens with zero attached hydrogens (tertiary/aromatic N) is 1. The maximum absolute atomic E-state index is 13.2.